The molecule has 0 unspecified atom stereocenters. The minimum absolute atomic E-state index is 0.216. The Kier molecular flexibility index (Phi) is 11.7. The Morgan fingerprint density at radius 2 is 1.50 bits per heavy atom. The number of benzene rings is 2. The quantitative estimate of drug-likeness (QED) is 0.332. The standard InChI is InChI=1S/C33H46N4O5/c1-6-22(2)28(36-29(38)25(34)20-23-14-9-7-10-15-23)30(39)35-26(21-24-16-11-8-12-17-24)31(40)37-19-13-18-27(37)32(41)42-33(3,4)5/h7-12,14-17,22,25-28H,6,13,18-21,34H2,1-5H3,(H,35,39)(H,36,38)/t22-,25-,26-,27-,28-/m0/s1. The highest BCUT2D eigenvalue weighted by Crippen LogP contribution is 2.23. The van der Waals surface area contributed by atoms with Crippen LogP contribution < -0.4 is 16.4 Å². The smallest absolute Gasteiger partial charge is 0.329 e. The molecular formula is C33H46N4O5. The van der Waals surface area contributed by atoms with Crippen LogP contribution in [0.1, 0.15) is 65.0 Å². The van der Waals surface area contributed by atoms with E-state index in [1.165, 1.54) is 4.90 Å². The van der Waals surface area contributed by atoms with Crippen molar-refractivity contribution in [3.8, 4) is 0 Å². The van der Waals surface area contributed by atoms with Crippen molar-refractivity contribution >= 4 is 23.7 Å². The summed E-state index contributed by atoms with van der Waals surface area (Å²) in [4.78, 5) is 55.3. The minimum atomic E-state index is -0.940. The number of hydrogen-bond acceptors (Lipinski definition) is 6. The van der Waals surface area contributed by atoms with Crippen molar-refractivity contribution in [2.75, 3.05) is 6.54 Å². The summed E-state index contributed by atoms with van der Waals surface area (Å²) >= 11 is 0. The highest BCUT2D eigenvalue weighted by atomic mass is 16.6. The summed E-state index contributed by atoms with van der Waals surface area (Å²) in [6.45, 7) is 9.58. The first-order valence-electron chi connectivity index (χ1n) is 14.9. The zero-order valence-corrected chi connectivity index (χ0v) is 25.5. The average Bonchev–Trinajstić information content (AvgIpc) is 3.45. The lowest BCUT2D eigenvalue weighted by atomic mass is 9.96. The molecule has 0 radical (unpaired) electrons. The highest BCUT2D eigenvalue weighted by molar-refractivity contribution is 5.94. The van der Waals surface area contributed by atoms with E-state index in [1.807, 2.05) is 74.5 Å². The van der Waals surface area contributed by atoms with Gasteiger partial charge in [0, 0.05) is 13.0 Å². The van der Waals surface area contributed by atoms with Crippen molar-refractivity contribution < 1.29 is 23.9 Å². The predicted octanol–water partition coefficient (Wildman–Crippen LogP) is 3.15. The van der Waals surface area contributed by atoms with Gasteiger partial charge in [0.2, 0.25) is 17.7 Å². The molecule has 9 nitrogen and oxygen atoms in total. The monoisotopic (exact) mass is 578 g/mol. The molecule has 0 saturated carbocycles. The number of carbonyl (C=O) groups excluding carboxylic acids is 4. The van der Waals surface area contributed by atoms with E-state index < -0.39 is 47.6 Å². The fourth-order valence-corrected chi connectivity index (χ4v) is 5.08. The van der Waals surface area contributed by atoms with Crippen LogP contribution in [0.4, 0.5) is 0 Å². The average molecular weight is 579 g/mol. The van der Waals surface area contributed by atoms with Crippen molar-refractivity contribution in [2.45, 2.75) is 96.5 Å². The third-order valence-corrected chi connectivity index (χ3v) is 7.54. The summed E-state index contributed by atoms with van der Waals surface area (Å²) in [7, 11) is 0. The molecule has 1 heterocycles. The van der Waals surface area contributed by atoms with Crippen LogP contribution >= 0.6 is 0 Å². The van der Waals surface area contributed by atoms with Gasteiger partial charge in [-0.2, -0.15) is 0 Å². The second-order valence-corrected chi connectivity index (χ2v) is 12.1. The van der Waals surface area contributed by atoms with Crippen LogP contribution in [0.5, 0.6) is 0 Å². The number of nitrogens with zero attached hydrogens (tertiary/aromatic N) is 1. The van der Waals surface area contributed by atoms with Gasteiger partial charge in [-0.05, 0) is 57.1 Å². The van der Waals surface area contributed by atoms with Crippen LogP contribution in [0, 0.1) is 5.92 Å². The molecule has 1 aliphatic heterocycles. The molecule has 0 bridgehead atoms. The second-order valence-electron chi connectivity index (χ2n) is 12.1. The van der Waals surface area contributed by atoms with Crippen molar-refractivity contribution in [3.05, 3.63) is 71.8 Å². The van der Waals surface area contributed by atoms with E-state index in [0.717, 1.165) is 11.1 Å². The number of likely N-dealkylation sites (tertiary alicyclic amines) is 1. The van der Waals surface area contributed by atoms with Gasteiger partial charge in [-0.3, -0.25) is 14.4 Å². The molecule has 2 aromatic carbocycles. The molecule has 0 aliphatic carbocycles. The van der Waals surface area contributed by atoms with Crippen LogP contribution in [-0.2, 0) is 36.8 Å². The largest absolute Gasteiger partial charge is 0.458 e. The number of nitrogens with two attached hydrogens (primary N) is 1. The maximum Gasteiger partial charge on any atom is 0.329 e. The maximum absolute atomic E-state index is 14.0. The summed E-state index contributed by atoms with van der Waals surface area (Å²) in [5.41, 5.74) is 7.31. The molecule has 1 aliphatic rings. The van der Waals surface area contributed by atoms with Crippen LogP contribution in [0.2, 0.25) is 0 Å². The van der Waals surface area contributed by atoms with E-state index in [-0.39, 0.29) is 18.2 Å². The molecule has 3 amide bonds. The molecule has 0 aromatic heterocycles. The van der Waals surface area contributed by atoms with E-state index >= 15 is 0 Å². The molecule has 42 heavy (non-hydrogen) atoms. The number of nitrogens with one attached hydrogen (secondary N) is 2. The van der Waals surface area contributed by atoms with E-state index in [4.69, 9.17) is 10.5 Å². The van der Waals surface area contributed by atoms with Gasteiger partial charge >= 0.3 is 5.97 Å². The van der Waals surface area contributed by atoms with Crippen LogP contribution in [0.3, 0.4) is 0 Å². The SMILES string of the molecule is CC[C@H](C)[C@H](NC(=O)[C@@H](N)Cc1ccccc1)C(=O)N[C@@H](Cc1ccccc1)C(=O)N1CCC[C@H]1C(=O)OC(C)(C)C. The summed E-state index contributed by atoms with van der Waals surface area (Å²) in [5.74, 6) is -1.92. The third kappa shape index (κ3) is 9.41. The van der Waals surface area contributed by atoms with Gasteiger partial charge in [-0.25, -0.2) is 4.79 Å². The van der Waals surface area contributed by atoms with Crippen LogP contribution in [0.15, 0.2) is 60.7 Å². The Hall–Kier alpha value is -3.72. The molecular weight excluding hydrogens is 532 g/mol. The van der Waals surface area contributed by atoms with Crippen LogP contribution in [0.25, 0.3) is 0 Å². The minimum Gasteiger partial charge on any atom is -0.458 e. The fraction of sp³-hybridized carbons (Fsp3) is 0.515. The number of carbonyl (C=O) groups is 4. The topological polar surface area (TPSA) is 131 Å². The van der Waals surface area contributed by atoms with Gasteiger partial charge in [0.1, 0.15) is 23.7 Å². The Labute approximate surface area is 249 Å². The number of hydrogen-bond donors (Lipinski definition) is 3. The first kappa shape index (κ1) is 32.8. The zero-order valence-electron chi connectivity index (χ0n) is 25.5. The molecule has 1 saturated heterocycles. The van der Waals surface area contributed by atoms with Gasteiger partial charge in [-0.15, -0.1) is 0 Å². The Balaban J connectivity index is 1.80. The molecule has 228 valence electrons. The molecule has 2 aromatic rings. The molecule has 1 fully saturated rings. The Morgan fingerprint density at radius 1 is 0.929 bits per heavy atom. The Morgan fingerprint density at radius 3 is 2.05 bits per heavy atom. The number of amides is 3. The summed E-state index contributed by atoms with van der Waals surface area (Å²) in [6, 6.07) is 15.5. The number of ether oxygens (including phenoxy) is 1. The molecule has 3 rings (SSSR count). The van der Waals surface area contributed by atoms with Gasteiger partial charge in [-0.1, -0.05) is 80.9 Å². The van der Waals surface area contributed by atoms with Crippen LogP contribution in [-0.4, -0.2) is 64.9 Å². The summed E-state index contributed by atoms with van der Waals surface area (Å²) < 4.78 is 5.59. The number of esters is 1. The molecule has 9 heteroatoms. The molecule has 4 N–H and O–H groups in total. The highest BCUT2D eigenvalue weighted by Gasteiger charge is 2.40. The normalized spacial score (nSPS) is 18.0. The fourth-order valence-electron chi connectivity index (χ4n) is 5.08. The van der Waals surface area contributed by atoms with E-state index in [0.29, 0.717) is 32.2 Å². The zero-order chi connectivity index (χ0) is 30.9. The van der Waals surface area contributed by atoms with Gasteiger partial charge in [0.05, 0.1) is 6.04 Å². The summed E-state index contributed by atoms with van der Waals surface area (Å²) in [5, 5.41) is 5.76. The predicted molar refractivity (Wildman–Crippen MR) is 162 cm³/mol. The first-order valence-corrected chi connectivity index (χ1v) is 14.9. The lowest BCUT2D eigenvalue weighted by Crippen LogP contribution is -2.59. The molecule has 0 spiro atoms. The number of rotatable bonds is 12. The van der Waals surface area contributed by atoms with Gasteiger partial charge in [0.15, 0.2) is 0 Å². The van der Waals surface area contributed by atoms with Crippen molar-refractivity contribution in [3.63, 3.8) is 0 Å². The maximum atomic E-state index is 14.0. The van der Waals surface area contributed by atoms with E-state index in [9.17, 15) is 19.2 Å². The van der Waals surface area contributed by atoms with E-state index in [2.05, 4.69) is 10.6 Å². The molecule has 5 atom stereocenters. The van der Waals surface area contributed by atoms with Gasteiger partial charge < -0.3 is 26.0 Å². The van der Waals surface area contributed by atoms with Crippen molar-refractivity contribution in [1.29, 1.82) is 0 Å². The third-order valence-electron chi connectivity index (χ3n) is 7.54. The van der Waals surface area contributed by atoms with E-state index in [1.54, 1.807) is 20.8 Å². The summed E-state index contributed by atoms with van der Waals surface area (Å²) in [6.07, 6.45) is 2.34. The second kappa shape index (κ2) is 15.0. The van der Waals surface area contributed by atoms with Crippen molar-refractivity contribution in [2.24, 2.45) is 11.7 Å². The van der Waals surface area contributed by atoms with Crippen molar-refractivity contribution in [1.82, 2.24) is 15.5 Å². The van der Waals surface area contributed by atoms with Gasteiger partial charge in [0.25, 0.3) is 0 Å². The first-order chi connectivity index (χ1) is 19.9. The Bertz CT molecular complexity index is 1200. The lowest BCUT2D eigenvalue weighted by molar-refractivity contribution is -0.163. The lowest BCUT2D eigenvalue weighted by Gasteiger charge is -2.32.